The van der Waals surface area contributed by atoms with Crippen LogP contribution in [-0.4, -0.2) is 33.6 Å². The zero-order chi connectivity index (χ0) is 23.3. The molecule has 0 saturated heterocycles. The van der Waals surface area contributed by atoms with Gasteiger partial charge in [0.1, 0.15) is 12.3 Å². The Hall–Kier alpha value is -3.82. The number of carbonyl (C=O) groups is 2. The molecule has 0 aliphatic heterocycles. The van der Waals surface area contributed by atoms with Crippen molar-refractivity contribution >= 4 is 17.7 Å². The number of carboxylic acid groups (broad SMARTS) is 1. The lowest BCUT2D eigenvalue weighted by Gasteiger charge is -2.15. The number of hydrogen-bond acceptors (Lipinski definition) is 4. The van der Waals surface area contributed by atoms with Crippen molar-refractivity contribution < 1.29 is 32.6 Å². The molecule has 1 fully saturated rings. The number of amides is 1. The lowest BCUT2D eigenvalue weighted by atomic mass is 9.98. The molecular formula is C23H18F3N3O4. The third-order valence-electron chi connectivity index (χ3n) is 5.85. The molecule has 3 aromatic rings. The van der Waals surface area contributed by atoms with Gasteiger partial charge >= 0.3 is 18.2 Å². The molecule has 1 heterocycles. The molecule has 2 N–H and O–H groups in total. The van der Waals surface area contributed by atoms with Crippen LogP contribution in [0.1, 0.15) is 52.1 Å². The van der Waals surface area contributed by atoms with Crippen LogP contribution in [0.15, 0.2) is 48.5 Å². The molecule has 10 heteroatoms. The van der Waals surface area contributed by atoms with Crippen molar-refractivity contribution in [2.45, 2.75) is 31.0 Å². The van der Waals surface area contributed by atoms with Crippen LogP contribution >= 0.6 is 0 Å². The summed E-state index contributed by atoms with van der Waals surface area (Å²) in [5.41, 5.74) is 0.809. The van der Waals surface area contributed by atoms with Crippen molar-refractivity contribution in [2.75, 3.05) is 11.9 Å². The van der Waals surface area contributed by atoms with Crippen LogP contribution in [0, 0.1) is 0 Å². The third kappa shape index (κ3) is 3.71. The fourth-order valence-corrected chi connectivity index (χ4v) is 4.28. The van der Waals surface area contributed by atoms with Gasteiger partial charge in [-0.3, -0.25) is 10.00 Å². The largest absolute Gasteiger partial charge is 0.476 e. The number of hydrogen-bond donors (Lipinski definition) is 2. The summed E-state index contributed by atoms with van der Waals surface area (Å²) in [7, 11) is 0. The van der Waals surface area contributed by atoms with E-state index in [1.54, 1.807) is 0 Å². The minimum absolute atomic E-state index is 0.125. The highest BCUT2D eigenvalue weighted by Gasteiger charge is 2.44. The first-order valence-corrected chi connectivity index (χ1v) is 10.3. The van der Waals surface area contributed by atoms with Crippen LogP contribution in [0.25, 0.3) is 11.1 Å². The van der Waals surface area contributed by atoms with E-state index in [4.69, 9.17) is 4.74 Å². The van der Waals surface area contributed by atoms with Crippen molar-refractivity contribution in [3.05, 3.63) is 71.0 Å². The quantitative estimate of drug-likeness (QED) is 0.543. The molecule has 0 unspecified atom stereocenters. The van der Waals surface area contributed by atoms with Gasteiger partial charge in [0.25, 0.3) is 0 Å². The molecule has 0 radical (unpaired) electrons. The number of nitrogens with zero attached hydrogens (tertiary/aromatic N) is 2. The topological polar surface area (TPSA) is 93.5 Å². The number of nitrogens with one attached hydrogen (secondary N) is 1. The van der Waals surface area contributed by atoms with Crippen LogP contribution < -0.4 is 5.32 Å². The summed E-state index contributed by atoms with van der Waals surface area (Å²) < 4.78 is 46.7. The van der Waals surface area contributed by atoms with Gasteiger partial charge in [-0.15, -0.1) is 0 Å². The second-order valence-electron chi connectivity index (χ2n) is 8.00. The van der Waals surface area contributed by atoms with E-state index in [2.05, 4.69) is 5.10 Å². The number of aromatic carboxylic acids is 1. The number of halogens is 3. The number of benzene rings is 2. The van der Waals surface area contributed by atoms with Crippen molar-refractivity contribution in [2.24, 2.45) is 0 Å². The summed E-state index contributed by atoms with van der Waals surface area (Å²) in [5, 5.41) is 15.0. The number of carbonyl (C=O) groups excluding carboxylic acids is 1. The predicted octanol–water partition coefficient (Wildman–Crippen LogP) is 5.30. The highest BCUT2D eigenvalue weighted by molar-refractivity contribution is 5.98. The number of aromatic nitrogens is 2. The summed E-state index contributed by atoms with van der Waals surface area (Å²) >= 11 is 0. The molecule has 2 aromatic carbocycles. The van der Waals surface area contributed by atoms with Gasteiger partial charge in [0.05, 0.1) is 6.04 Å². The Balaban J connectivity index is 1.40. The summed E-state index contributed by atoms with van der Waals surface area (Å²) in [6.07, 6.45) is -5.09. The fraction of sp³-hybridized carbons (Fsp3) is 0.261. The van der Waals surface area contributed by atoms with Crippen molar-refractivity contribution in [3.63, 3.8) is 0 Å². The highest BCUT2D eigenvalue weighted by Crippen LogP contribution is 2.45. The predicted molar refractivity (Wildman–Crippen MR) is 111 cm³/mol. The minimum Gasteiger partial charge on any atom is -0.476 e. The molecule has 5 rings (SSSR count). The maximum Gasteiger partial charge on any atom is 0.437 e. The number of fused-ring (bicyclic) bond motifs is 3. The van der Waals surface area contributed by atoms with E-state index in [0.29, 0.717) is 12.8 Å². The average molecular weight is 457 g/mol. The van der Waals surface area contributed by atoms with Crippen molar-refractivity contribution in [3.8, 4) is 11.1 Å². The van der Waals surface area contributed by atoms with E-state index in [9.17, 15) is 27.9 Å². The van der Waals surface area contributed by atoms with Crippen LogP contribution in [0.3, 0.4) is 0 Å². The Kier molecular flexibility index (Phi) is 4.88. The summed E-state index contributed by atoms with van der Waals surface area (Å²) in [4.78, 5) is 24.2. The van der Waals surface area contributed by atoms with Crippen LogP contribution in [0.4, 0.5) is 23.7 Å². The first-order chi connectivity index (χ1) is 15.8. The lowest BCUT2D eigenvalue weighted by Crippen LogP contribution is -2.21. The second-order valence-corrected chi connectivity index (χ2v) is 8.00. The monoisotopic (exact) mass is 457 g/mol. The van der Waals surface area contributed by atoms with E-state index in [1.807, 2.05) is 53.8 Å². The van der Waals surface area contributed by atoms with Gasteiger partial charge in [-0.2, -0.15) is 18.3 Å². The molecule has 1 aromatic heterocycles. The molecule has 7 nitrogen and oxygen atoms in total. The summed E-state index contributed by atoms with van der Waals surface area (Å²) in [6, 6.07) is 14.8. The Bertz CT molecular complexity index is 1220. The van der Waals surface area contributed by atoms with E-state index >= 15 is 0 Å². The molecule has 33 heavy (non-hydrogen) atoms. The molecule has 2 aliphatic carbocycles. The highest BCUT2D eigenvalue weighted by atomic mass is 19.4. The van der Waals surface area contributed by atoms with E-state index in [1.165, 1.54) is 0 Å². The Morgan fingerprint density at radius 2 is 1.64 bits per heavy atom. The average Bonchev–Trinajstić information content (AvgIpc) is 3.46. The number of alkyl halides is 3. The van der Waals surface area contributed by atoms with Gasteiger partial charge in [-0.1, -0.05) is 48.5 Å². The Morgan fingerprint density at radius 1 is 1.06 bits per heavy atom. The van der Waals surface area contributed by atoms with Gasteiger partial charge in [-0.05, 0) is 35.1 Å². The second kappa shape index (κ2) is 7.65. The summed E-state index contributed by atoms with van der Waals surface area (Å²) in [6.45, 7) is -0.125. The van der Waals surface area contributed by atoms with Gasteiger partial charge < -0.3 is 9.84 Å². The molecular weight excluding hydrogens is 439 g/mol. The zero-order valence-corrected chi connectivity index (χ0v) is 17.1. The Morgan fingerprint density at radius 3 is 2.15 bits per heavy atom. The molecule has 2 aliphatic rings. The first kappa shape index (κ1) is 21.0. The van der Waals surface area contributed by atoms with Crippen molar-refractivity contribution in [1.82, 2.24) is 9.78 Å². The van der Waals surface area contributed by atoms with Gasteiger partial charge in [0.15, 0.2) is 11.4 Å². The van der Waals surface area contributed by atoms with Gasteiger partial charge in [-0.25, -0.2) is 9.59 Å². The van der Waals surface area contributed by atoms with E-state index < -0.39 is 41.4 Å². The molecule has 1 saturated carbocycles. The summed E-state index contributed by atoms with van der Waals surface area (Å²) in [5.74, 6) is -1.91. The van der Waals surface area contributed by atoms with Crippen molar-refractivity contribution in [1.29, 1.82) is 0 Å². The number of ether oxygens (including phenoxy) is 1. The van der Waals surface area contributed by atoms with Crippen LogP contribution in [0.2, 0.25) is 0 Å². The maximum absolute atomic E-state index is 13.5. The number of carboxylic acids is 1. The number of rotatable bonds is 5. The smallest absolute Gasteiger partial charge is 0.437 e. The molecule has 0 bridgehead atoms. The third-order valence-corrected chi connectivity index (χ3v) is 5.85. The molecule has 0 atom stereocenters. The van der Waals surface area contributed by atoms with E-state index in [0.717, 1.165) is 26.9 Å². The van der Waals surface area contributed by atoms with Gasteiger partial charge in [0.2, 0.25) is 0 Å². The first-order valence-electron chi connectivity index (χ1n) is 10.3. The lowest BCUT2D eigenvalue weighted by molar-refractivity contribution is -0.140. The Labute approximate surface area is 185 Å². The standard InChI is InChI=1S/C23H18F3N3O4/c24-23(25,26)20-18(19(21(30)31)29(28-20)12-9-10-12)27-22(32)33-11-17-15-7-3-1-5-13(15)14-6-2-4-8-16(14)17/h1-8,12,17H,9-11H2,(H,27,32)(H,30,31). The molecule has 170 valence electrons. The normalized spacial score (nSPS) is 15.1. The van der Waals surface area contributed by atoms with E-state index in [-0.39, 0.29) is 12.5 Å². The molecule has 1 amide bonds. The van der Waals surface area contributed by atoms with Gasteiger partial charge in [0, 0.05) is 5.92 Å². The zero-order valence-electron chi connectivity index (χ0n) is 17.1. The SMILES string of the molecule is O=C(Nc1c(C(F)(F)F)nn(C2CC2)c1C(=O)O)OCC1c2ccccc2-c2ccccc21. The fourth-order valence-electron chi connectivity index (χ4n) is 4.28. The number of anilines is 1. The maximum atomic E-state index is 13.5. The molecule has 0 spiro atoms. The minimum atomic E-state index is -4.95. The van der Waals surface area contributed by atoms with Crippen LogP contribution in [0.5, 0.6) is 0 Å². The van der Waals surface area contributed by atoms with Crippen LogP contribution in [-0.2, 0) is 10.9 Å².